The van der Waals surface area contributed by atoms with Crippen molar-refractivity contribution in [3.63, 3.8) is 0 Å². The Labute approximate surface area is 353 Å². The number of unbranched alkanes of at least 4 members (excludes halogenated alkanes) is 1. The lowest BCUT2D eigenvalue weighted by Gasteiger charge is -2.47. The molecule has 3 fully saturated rings. The number of aliphatic hydroxyl groups excluding tert-OH is 1. The molecule has 0 spiro atoms. The molecule has 0 aromatic carbocycles. The molecule has 5 heterocycles. The number of pyridine rings is 1. The number of hydrogen-bond acceptors (Lipinski definition) is 13. The van der Waals surface area contributed by atoms with E-state index in [1.165, 1.54) is 14.0 Å². The second kappa shape index (κ2) is 19.1. The number of hydrogen-bond donors (Lipinski definition) is 1. The molecule has 0 bridgehead atoms. The number of likely N-dealkylation sites (N-methyl/N-ethyl adjacent to an activating group) is 1. The van der Waals surface area contributed by atoms with Crippen LogP contribution in [0, 0.1) is 23.7 Å². The Kier molecular flexibility index (Phi) is 15.1. The van der Waals surface area contributed by atoms with Crippen LogP contribution in [0.4, 0.5) is 4.79 Å². The van der Waals surface area contributed by atoms with Gasteiger partial charge in [0.2, 0.25) is 0 Å². The molecule has 16 heteroatoms. The van der Waals surface area contributed by atoms with Gasteiger partial charge in [0.1, 0.15) is 29.1 Å². The molecule has 3 aliphatic heterocycles. The Bertz CT molecular complexity index is 1790. The summed E-state index contributed by atoms with van der Waals surface area (Å²) in [5, 5.41) is 11.8. The number of Topliss-reactive ketones (excluding diaryl/α,β-unsaturated/α-hetero) is 2. The summed E-state index contributed by atoms with van der Waals surface area (Å²) in [6.45, 7) is 14.9. The van der Waals surface area contributed by atoms with Crippen LogP contribution < -0.4 is 0 Å². The number of methoxy groups -OCH3 is 1. The van der Waals surface area contributed by atoms with Crippen molar-refractivity contribution in [2.75, 3.05) is 27.7 Å². The summed E-state index contributed by atoms with van der Waals surface area (Å²) in [4.78, 5) is 69.0. The van der Waals surface area contributed by atoms with Gasteiger partial charge < -0.3 is 43.2 Å². The summed E-state index contributed by atoms with van der Waals surface area (Å²) in [5.74, 6) is -5.00. The molecule has 0 saturated carbocycles. The number of ether oxygens (including phenoxy) is 5. The van der Waals surface area contributed by atoms with E-state index in [2.05, 4.69) is 9.97 Å². The number of carbonyl (C=O) groups excluding carboxylic acids is 4. The van der Waals surface area contributed by atoms with Gasteiger partial charge in [-0.05, 0) is 86.0 Å². The zero-order valence-corrected chi connectivity index (χ0v) is 37.2. The summed E-state index contributed by atoms with van der Waals surface area (Å²) in [6, 6.07) is 2.48. The Morgan fingerprint density at radius 1 is 1.00 bits per heavy atom. The molecular weight excluding hydrogens is 782 g/mol. The topological polar surface area (TPSA) is 172 Å². The predicted octanol–water partition coefficient (Wildman–Crippen LogP) is 5.58. The van der Waals surface area contributed by atoms with Crippen molar-refractivity contribution in [3.8, 4) is 11.3 Å². The standard InChI is InChI=1S/C43H64ClN5O10/c1-12-32-43(8)37(49(41(54)59-43)18-14-13-17-48-22-30(46-23-48)29-15-16-33(44)45-21-29)26(4)34(50)24(2)20-42(7,55-11)38(27(5)35(51)28(6)39(53)57-32)58-40-36(52)31(47(9)10)19-25(3)56-40/h15-16,21-28,31-32,36-38,40,52H,12-14,17-20H2,1-11H3/t24-,25-,26-,27+,28-,31+,32+,36-,37-,38?,40?,42+,43-/m1/s1. The maximum Gasteiger partial charge on any atom is 0.410 e. The molecule has 1 amide bonds. The van der Waals surface area contributed by atoms with E-state index in [4.69, 9.17) is 35.3 Å². The fourth-order valence-electron chi connectivity index (χ4n) is 9.44. The number of cyclic esters (lactones) is 1. The number of fused-ring (bicyclic) bond motifs is 1. The third kappa shape index (κ3) is 9.86. The van der Waals surface area contributed by atoms with Crippen LogP contribution in [-0.2, 0) is 44.6 Å². The van der Waals surface area contributed by atoms with Crippen molar-refractivity contribution >= 4 is 35.2 Å². The number of aliphatic hydroxyl groups is 1. The van der Waals surface area contributed by atoms with Crippen LogP contribution in [0.25, 0.3) is 11.3 Å². The highest BCUT2D eigenvalue weighted by molar-refractivity contribution is 6.29. The van der Waals surface area contributed by atoms with Crippen LogP contribution in [0.3, 0.4) is 0 Å². The lowest BCUT2D eigenvalue weighted by Crippen LogP contribution is -2.60. The number of ketones is 2. The normalized spacial score (nSPS) is 36.3. The van der Waals surface area contributed by atoms with Gasteiger partial charge in [0.05, 0.1) is 35.9 Å². The van der Waals surface area contributed by atoms with Crippen molar-refractivity contribution < 1.29 is 48.0 Å². The molecule has 3 saturated heterocycles. The Morgan fingerprint density at radius 2 is 1.69 bits per heavy atom. The molecular formula is C43H64ClN5O10. The zero-order chi connectivity index (χ0) is 43.6. The van der Waals surface area contributed by atoms with E-state index < -0.39 is 83.4 Å². The minimum Gasteiger partial charge on any atom is -0.458 e. The molecule has 2 unspecified atom stereocenters. The van der Waals surface area contributed by atoms with Gasteiger partial charge in [-0.3, -0.25) is 14.4 Å². The quantitative estimate of drug-likeness (QED) is 0.129. The van der Waals surface area contributed by atoms with Gasteiger partial charge in [-0.1, -0.05) is 39.3 Å². The molecule has 0 aliphatic carbocycles. The first kappa shape index (κ1) is 46.6. The van der Waals surface area contributed by atoms with Gasteiger partial charge >= 0.3 is 12.1 Å². The minimum atomic E-state index is -1.41. The molecule has 59 heavy (non-hydrogen) atoms. The first-order valence-electron chi connectivity index (χ1n) is 20.9. The number of halogens is 1. The molecule has 0 radical (unpaired) electrons. The van der Waals surface area contributed by atoms with Crippen molar-refractivity contribution in [2.24, 2.45) is 23.7 Å². The fraction of sp³-hybridized carbons (Fsp3) is 0.721. The van der Waals surface area contributed by atoms with Gasteiger partial charge in [-0.15, -0.1) is 0 Å². The smallest absolute Gasteiger partial charge is 0.410 e. The van der Waals surface area contributed by atoms with E-state index in [-0.39, 0.29) is 37.3 Å². The van der Waals surface area contributed by atoms with E-state index in [0.29, 0.717) is 31.0 Å². The number of rotatable bonds is 11. The van der Waals surface area contributed by atoms with Crippen molar-refractivity contribution in [1.82, 2.24) is 24.3 Å². The molecule has 2 aromatic heterocycles. The Hall–Kier alpha value is -3.47. The molecule has 15 nitrogen and oxygen atoms in total. The summed E-state index contributed by atoms with van der Waals surface area (Å²) >= 11 is 5.95. The van der Waals surface area contributed by atoms with Crippen LogP contribution in [0.1, 0.15) is 87.5 Å². The molecule has 5 rings (SSSR count). The van der Waals surface area contributed by atoms with Crippen LogP contribution in [-0.4, -0.2) is 135 Å². The van der Waals surface area contributed by atoms with E-state index in [0.717, 1.165) is 11.3 Å². The number of carbonyl (C=O) groups is 4. The second-order valence-electron chi connectivity index (χ2n) is 17.5. The third-order valence-corrected chi connectivity index (χ3v) is 13.1. The highest BCUT2D eigenvalue weighted by Crippen LogP contribution is 2.43. The number of esters is 1. The first-order chi connectivity index (χ1) is 27.8. The fourth-order valence-corrected chi connectivity index (χ4v) is 9.56. The van der Waals surface area contributed by atoms with Gasteiger partial charge in [-0.25, -0.2) is 14.8 Å². The monoisotopic (exact) mass is 845 g/mol. The van der Waals surface area contributed by atoms with E-state index in [1.54, 1.807) is 58.1 Å². The maximum atomic E-state index is 14.7. The van der Waals surface area contributed by atoms with Crippen LogP contribution in [0.15, 0.2) is 30.9 Å². The third-order valence-electron chi connectivity index (χ3n) is 12.9. The Balaban J connectivity index is 1.43. The van der Waals surface area contributed by atoms with Crippen molar-refractivity contribution in [3.05, 3.63) is 36.0 Å². The summed E-state index contributed by atoms with van der Waals surface area (Å²) in [5.41, 5.74) is -1.09. The highest BCUT2D eigenvalue weighted by atomic mass is 35.5. The SMILES string of the molecule is CC[C@@H]1OC(=O)[C@H](C)C(=O)[C@H](C)C(OC2O[C@H](C)C[C@H](N(C)C)[C@H]2O)[C@@](C)(OC)C[C@@H](C)C(=O)[C@@H](C)[C@H]2N(CCCCn3cnc(-c4ccc(Cl)nc4)c3)C(=O)O[C@]12C. The van der Waals surface area contributed by atoms with E-state index >= 15 is 0 Å². The van der Waals surface area contributed by atoms with Gasteiger partial charge in [0.15, 0.2) is 17.7 Å². The molecule has 3 aliphatic rings. The molecule has 13 atom stereocenters. The van der Waals surface area contributed by atoms with Gasteiger partial charge in [-0.2, -0.15) is 0 Å². The summed E-state index contributed by atoms with van der Waals surface area (Å²) in [6.07, 6.45) is 2.49. The number of nitrogens with zero attached hydrogens (tertiary/aromatic N) is 5. The molecule has 1 N–H and O–H groups in total. The predicted molar refractivity (Wildman–Crippen MR) is 219 cm³/mol. The number of imidazole rings is 1. The number of aryl methyl sites for hydroxylation is 1. The van der Waals surface area contributed by atoms with Crippen LogP contribution in [0.2, 0.25) is 5.15 Å². The first-order valence-corrected chi connectivity index (χ1v) is 21.3. The zero-order valence-electron chi connectivity index (χ0n) is 36.4. The largest absolute Gasteiger partial charge is 0.458 e. The highest BCUT2D eigenvalue weighted by Gasteiger charge is 2.60. The number of amides is 1. The van der Waals surface area contributed by atoms with Gasteiger partial charge in [0.25, 0.3) is 0 Å². The molecule has 328 valence electrons. The minimum absolute atomic E-state index is 0.123. The lowest BCUT2D eigenvalue weighted by atomic mass is 9.73. The van der Waals surface area contributed by atoms with Gasteiger partial charge in [0, 0.05) is 62.0 Å². The molecule has 2 aromatic rings. The van der Waals surface area contributed by atoms with Crippen molar-refractivity contribution in [1.29, 1.82) is 0 Å². The maximum absolute atomic E-state index is 14.7. The van der Waals surface area contributed by atoms with E-state index in [1.807, 2.05) is 49.7 Å². The van der Waals surface area contributed by atoms with Crippen molar-refractivity contribution in [2.45, 2.75) is 148 Å². The average Bonchev–Trinajstić information content (AvgIpc) is 3.77. The Morgan fingerprint density at radius 3 is 2.32 bits per heavy atom. The van der Waals surface area contributed by atoms with Crippen LogP contribution >= 0.6 is 11.6 Å². The van der Waals surface area contributed by atoms with E-state index in [9.17, 15) is 24.3 Å². The number of aromatic nitrogens is 3. The lowest BCUT2D eigenvalue weighted by molar-refractivity contribution is -0.295. The summed E-state index contributed by atoms with van der Waals surface area (Å²) in [7, 11) is 5.23. The average molecular weight is 846 g/mol. The second-order valence-corrected chi connectivity index (χ2v) is 17.8. The van der Waals surface area contributed by atoms with Crippen LogP contribution in [0.5, 0.6) is 0 Å². The summed E-state index contributed by atoms with van der Waals surface area (Å²) < 4.78 is 33.2.